The van der Waals surface area contributed by atoms with Crippen molar-refractivity contribution >= 4 is 15.7 Å². The topological polar surface area (TPSA) is 81.1 Å². The van der Waals surface area contributed by atoms with Gasteiger partial charge in [-0.3, -0.25) is 9.48 Å². The molecule has 2 heterocycles. The maximum atomic E-state index is 12.6. The number of hydrogen-bond donors (Lipinski definition) is 1. The van der Waals surface area contributed by atoms with Gasteiger partial charge in [0, 0.05) is 11.7 Å². The highest BCUT2D eigenvalue weighted by Crippen LogP contribution is 2.44. The Balaban J connectivity index is 1.50. The molecule has 23 heavy (non-hydrogen) atoms. The maximum absolute atomic E-state index is 12.6. The molecule has 2 saturated carbocycles. The Hall–Kier alpha value is -1.37. The van der Waals surface area contributed by atoms with Crippen LogP contribution in [0, 0.1) is 18.8 Å². The first-order chi connectivity index (χ1) is 10.9. The van der Waals surface area contributed by atoms with Crippen LogP contribution >= 0.6 is 0 Å². The quantitative estimate of drug-likeness (QED) is 0.882. The predicted molar refractivity (Wildman–Crippen MR) is 86.0 cm³/mol. The molecule has 0 spiro atoms. The molecule has 0 radical (unpaired) electrons. The zero-order chi connectivity index (χ0) is 16.2. The lowest BCUT2D eigenvalue weighted by molar-refractivity contribution is 0.0925. The van der Waals surface area contributed by atoms with Crippen LogP contribution in [0.3, 0.4) is 0 Å². The van der Waals surface area contributed by atoms with Gasteiger partial charge in [0.15, 0.2) is 9.84 Å². The molecule has 1 atom stereocenters. The smallest absolute Gasteiger partial charge is 0.254 e. The molecule has 4 rings (SSSR count). The van der Waals surface area contributed by atoms with Crippen molar-refractivity contribution in [1.29, 1.82) is 0 Å². The molecule has 1 N–H and O–H groups in total. The van der Waals surface area contributed by atoms with E-state index in [1.54, 1.807) is 10.9 Å². The minimum absolute atomic E-state index is 0.0570. The van der Waals surface area contributed by atoms with Crippen LogP contribution in [0.4, 0.5) is 0 Å². The summed E-state index contributed by atoms with van der Waals surface area (Å²) in [7, 11) is -2.96. The van der Waals surface area contributed by atoms with Crippen LogP contribution in [0.2, 0.25) is 0 Å². The van der Waals surface area contributed by atoms with Crippen molar-refractivity contribution in [1.82, 2.24) is 15.1 Å². The van der Waals surface area contributed by atoms with Crippen LogP contribution in [0.15, 0.2) is 6.20 Å². The Morgan fingerprint density at radius 2 is 1.91 bits per heavy atom. The number of carbonyl (C=O) groups excluding carboxylic acids is 1. The molecule has 6 nitrogen and oxygen atoms in total. The van der Waals surface area contributed by atoms with Gasteiger partial charge in [0.05, 0.1) is 29.3 Å². The summed E-state index contributed by atoms with van der Waals surface area (Å²) in [5, 5.41) is 7.51. The molecule has 1 amide bonds. The van der Waals surface area contributed by atoms with E-state index in [4.69, 9.17) is 0 Å². The molecule has 1 aromatic rings. The minimum Gasteiger partial charge on any atom is -0.349 e. The van der Waals surface area contributed by atoms with Gasteiger partial charge >= 0.3 is 0 Å². The van der Waals surface area contributed by atoms with Crippen LogP contribution in [-0.4, -0.2) is 41.7 Å². The van der Waals surface area contributed by atoms with Gasteiger partial charge in [-0.05, 0) is 50.9 Å². The number of rotatable bonds is 5. The summed E-state index contributed by atoms with van der Waals surface area (Å²) in [6, 6.07) is 0.182. The lowest BCUT2D eigenvalue weighted by Gasteiger charge is -2.17. The fourth-order valence-electron chi connectivity index (χ4n) is 3.74. The third-order valence-corrected chi connectivity index (χ3v) is 7.15. The van der Waals surface area contributed by atoms with E-state index in [9.17, 15) is 13.2 Å². The standard InChI is InChI=1S/C16H23N3O3S/c1-10-14(8-17-19(10)13-6-7-23(21,22)9-13)16(20)18-15(11-2-3-11)12-4-5-12/h8,11-13,15H,2-7,9H2,1H3,(H,18,20)/t13-/m0/s1. The number of aromatic nitrogens is 2. The summed E-state index contributed by atoms with van der Waals surface area (Å²) in [4.78, 5) is 12.6. The van der Waals surface area contributed by atoms with Crippen molar-refractivity contribution in [2.45, 2.75) is 51.1 Å². The van der Waals surface area contributed by atoms with Crippen molar-refractivity contribution in [2.24, 2.45) is 11.8 Å². The van der Waals surface area contributed by atoms with E-state index in [2.05, 4.69) is 10.4 Å². The summed E-state index contributed by atoms with van der Waals surface area (Å²) >= 11 is 0. The lowest BCUT2D eigenvalue weighted by Crippen LogP contribution is -2.38. The molecule has 1 saturated heterocycles. The summed E-state index contributed by atoms with van der Waals surface area (Å²) in [5.74, 6) is 1.59. The highest BCUT2D eigenvalue weighted by atomic mass is 32.2. The molecule has 3 fully saturated rings. The Kier molecular flexibility index (Phi) is 3.51. The summed E-state index contributed by atoms with van der Waals surface area (Å²) in [5.41, 5.74) is 1.36. The molecule has 1 aliphatic heterocycles. The van der Waals surface area contributed by atoms with E-state index < -0.39 is 9.84 Å². The van der Waals surface area contributed by atoms with Crippen LogP contribution in [0.5, 0.6) is 0 Å². The minimum atomic E-state index is -2.96. The molecule has 126 valence electrons. The van der Waals surface area contributed by atoms with Crippen molar-refractivity contribution in [3.05, 3.63) is 17.5 Å². The Labute approximate surface area is 136 Å². The first kappa shape index (κ1) is 15.2. The van der Waals surface area contributed by atoms with Gasteiger partial charge in [0.1, 0.15) is 0 Å². The fourth-order valence-corrected chi connectivity index (χ4v) is 5.44. The second-order valence-electron chi connectivity index (χ2n) is 7.32. The molecule has 0 aromatic carbocycles. The van der Waals surface area contributed by atoms with E-state index in [1.807, 2.05) is 6.92 Å². The Morgan fingerprint density at radius 3 is 2.43 bits per heavy atom. The molecule has 0 bridgehead atoms. The van der Waals surface area contributed by atoms with Gasteiger partial charge in [-0.2, -0.15) is 5.10 Å². The van der Waals surface area contributed by atoms with Gasteiger partial charge in [-0.1, -0.05) is 0 Å². The number of nitrogens with zero attached hydrogens (tertiary/aromatic N) is 2. The Morgan fingerprint density at radius 1 is 1.26 bits per heavy atom. The van der Waals surface area contributed by atoms with Crippen molar-refractivity contribution in [2.75, 3.05) is 11.5 Å². The van der Waals surface area contributed by atoms with E-state index in [0.717, 1.165) is 5.69 Å². The normalized spacial score (nSPS) is 26.6. The lowest BCUT2D eigenvalue weighted by atomic mass is 10.1. The second kappa shape index (κ2) is 5.33. The second-order valence-corrected chi connectivity index (χ2v) is 9.55. The highest BCUT2D eigenvalue weighted by Gasteiger charge is 2.42. The SMILES string of the molecule is Cc1c(C(=O)NC(C2CC2)C2CC2)cnn1[C@H]1CCS(=O)(=O)C1. The average Bonchev–Trinajstić information content (AvgIpc) is 3.40. The molecule has 1 aromatic heterocycles. The van der Waals surface area contributed by atoms with E-state index in [0.29, 0.717) is 29.9 Å². The summed E-state index contributed by atoms with van der Waals surface area (Å²) in [6.45, 7) is 1.86. The number of nitrogens with one attached hydrogen (secondary N) is 1. The van der Waals surface area contributed by atoms with Gasteiger partial charge < -0.3 is 5.32 Å². The fraction of sp³-hybridized carbons (Fsp3) is 0.750. The third kappa shape index (κ3) is 3.03. The van der Waals surface area contributed by atoms with E-state index in [1.165, 1.54) is 25.7 Å². The van der Waals surface area contributed by atoms with E-state index >= 15 is 0 Å². The summed E-state index contributed by atoms with van der Waals surface area (Å²) in [6.07, 6.45) is 7.06. The Bertz CT molecular complexity index is 720. The van der Waals surface area contributed by atoms with Gasteiger partial charge in [0.25, 0.3) is 5.91 Å². The predicted octanol–water partition coefficient (Wildman–Crippen LogP) is 1.47. The monoisotopic (exact) mass is 337 g/mol. The molecule has 0 unspecified atom stereocenters. The number of hydrogen-bond acceptors (Lipinski definition) is 4. The van der Waals surface area contributed by atoms with E-state index in [-0.39, 0.29) is 23.5 Å². The largest absolute Gasteiger partial charge is 0.349 e. The van der Waals surface area contributed by atoms with Crippen LogP contribution in [0.1, 0.15) is 54.2 Å². The molecular formula is C16H23N3O3S. The number of amides is 1. The number of sulfone groups is 1. The van der Waals surface area contributed by atoms with Gasteiger partial charge in [-0.15, -0.1) is 0 Å². The zero-order valence-electron chi connectivity index (χ0n) is 13.4. The van der Waals surface area contributed by atoms with Crippen molar-refractivity contribution in [3.63, 3.8) is 0 Å². The first-order valence-electron chi connectivity index (χ1n) is 8.50. The van der Waals surface area contributed by atoms with Crippen molar-refractivity contribution in [3.8, 4) is 0 Å². The zero-order valence-corrected chi connectivity index (χ0v) is 14.2. The van der Waals surface area contributed by atoms with Gasteiger partial charge in [-0.25, -0.2) is 8.42 Å². The molecule has 3 aliphatic rings. The molecule has 2 aliphatic carbocycles. The van der Waals surface area contributed by atoms with Gasteiger partial charge in [0.2, 0.25) is 0 Å². The highest BCUT2D eigenvalue weighted by molar-refractivity contribution is 7.91. The van der Waals surface area contributed by atoms with Crippen LogP contribution in [-0.2, 0) is 9.84 Å². The molecular weight excluding hydrogens is 314 g/mol. The first-order valence-corrected chi connectivity index (χ1v) is 10.3. The van der Waals surface area contributed by atoms with Crippen molar-refractivity contribution < 1.29 is 13.2 Å². The average molecular weight is 337 g/mol. The molecule has 7 heteroatoms. The van der Waals surface area contributed by atoms with Crippen LogP contribution in [0.25, 0.3) is 0 Å². The summed E-state index contributed by atoms with van der Waals surface area (Å²) < 4.78 is 25.0. The maximum Gasteiger partial charge on any atom is 0.254 e. The van der Waals surface area contributed by atoms with Crippen LogP contribution < -0.4 is 5.32 Å². The number of carbonyl (C=O) groups is 1. The third-order valence-electron chi connectivity index (χ3n) is 5.40.